The molecule has 0 atom stereocenters. The van der Waals surface area contributed by atoms with Gasteiger partial charge in [0.1, 0.15) is 11.9 Å². The van der Waals surface area contributed by atoms with Crippen LogP contribution in [0.5, 0.6) is 0 Å². The van der Waals surface area contributed by atoms with E-state index in [4.69, 9.17) is 0 Å². The second-order valence-corrected chi connectivity index (χ2v) is 4.67. The van der Waals surface area contributed by atoms with Gasteiger partial charge in [-0.05, 0) is 25.2 Å². The van der Waals surface area contributed by atoms with Crippen molar-refractivity contribution in [2.24, 2.45) is 0 Å². The van der Waals surface area contributed by atoms with Crippen LogP contribution in [0.25, 0.3) is 10.9 Å². The number of pyridine rings is 1. The Kier molecular flexibility index (Phi) is 2.49. The van der Waals surface area contributed by atoms with Crippen molar-refractivity contribution in [3.8, 4) is 6.07 Å². The highest BCUT2D eigenvalue weighted by Crippen LogP contribution is 2.27. The van der Waals surface area contributed by atoms with Gasteiger partial charge in [-0.3, -0.25) is 4.98 Å². The summed E-state index contributed by atoms with van der Waals surface area (Å²) in [5.41, 5.74) is 3.20. The Hall–Kier alpha value is -1.99. The van der Waals surface area contributed by atoms with Crippen molar-refractivity contribution in [2.75, 3.05) is 13.6 Å². The van der Waals surface area contributed by atoms with Gasteiger partial charge in [0.15, 0.2) is 0 Å². The molecule has 0 saturated carbocycles. The molecule has 0 unspecified atom stereocenters. The molecule has 0 amide bonds. The zero-order valence-electron chi connectivity index (χ0n) is 10.1. The lowest BCUT2D eigenvalue weighted by atomic mass is 9.97. The first-order chi connectivity index (χ1) is 8.69. The minimum absolute atomic E-state index is 0.329. The predicted molar refractivity (Wildman–Crippen MR) is 66.5 cm³/mol. The lowest BCUT2D eigenvalue weighted by Gasteiger charge is -2.25. The fourth-order valence-corrected chi connectivity index (χ4v) is 2.48. The standard InChI is InChI=1S/C14H12FN3/c1-18-5-4-14-12(8-18)11(7-16)10-6-9(15)2-3-13(10)17-14/h2-3,6H,4-5,8H2,1H3. The van der Waals surface area contributed by atoms with E-state index >= 15 is 0 Å². The van der Waals surface area contributed by atoms with Crippen LogP contribution in [0.4, 0.5) is 4.39 Å². The average Bonchev–Trinajstić information content (AvgIpc) is 2.36. The number of halogens is 1. The lowest BCUT2D eigenvalue weighted by molar-refractivity contribution is 0.310. The average molecular weight is 241 g/mol. The summed E-state index contributed by atoms with van der Waals surface area (Å²) in [4.78, 5) is 6.70. The molecule has 0 fully saturated rings. The molecule has 0 saturated heterocycles. The first-order valence-electron chi connectivity index (χ1n) is 5.88. The number of fused-ring (bicyclic) bond motifs is 2. The minimum Gasteiger partial charge on any atom is -0.302 e. The molecular weight excluding hydrogens is 229 g/mol. The molecule has 1 aliphatic heterocycles. The highest BCUT2D eigenvalue weighted by atomic mass is 19.1. The molecule has 4 heteroatoms. The van der Waals surface area contributed by atoms with Crippen LogP contribution < -0.4 is 0 Å². The number of likely N-dealkylation sites (N-methyl/N-ethyl adjacent to an activating group) is 1. The maximum Gasteiger partial charge on any atom is 0.124 e. The molecule has 0 aliphatic carbocycles. The Balaban J connectivity index is 2.35. The van der Waals surface area contributed by atoms with Crippen molar-refractivity contribution in [2.45, 2.75) is 13.0 Å². The van der Waals surface area contributed by atoms with Gasteiger partial charge in [0.25, 0.3) is 0 Å². The van der Waals surface area contributed by atoms with E-state index in [9.17, 15) is 9.65 Å². The number of nitrogens with zero attached hydrogens (tertiary/aromatic N) is 3. The predicted octanol–water partition coefficient (Wildman–Crippen LogP) is 2.23. The summed E-state index contributed by atoms with van der Waals surface area (Å²) in [6.07, 6.45) is 0.841. The minimum atomic E-state index is -0.329. The van der Waals surface area contributed by atoms with E-state index in [2.05, 4.69) is 16.0 Å². The second kappa shape index (κ2) is 4.04. The number of nitriles is 1. The van der Waals surface area contributed by atoms with Crippen LogP contribution in [0, 0.1) is 17.1 Å². The molecule has 0 spiro atoms. The van der Waals surface area contributed by atoms with Crippen molar-refractivity contribution in [1.82, 2.24) is 9.88 Å². The van der Waals surface area contributed by atoms with Crippen molar-refractivity contribution in [3.05, 3.63) is 40.8 Å². The topological polar surface area (TPSA) is 39.9 Å². The van der Waals surface area contributed by atoms with Gasteiger partial charge in [0.2, 0.25) is 0 Å². The molecule has 2 aromatic rings. The molecular formula is C14H12FN3. The van der Waals surface area contributed by atoms with Crippen LogP contribution in [0.3, 0.4) is 0 Å². The van der Waals surface area contributed by atoms with Crippen LogP contribution in [-0.2, 0) is 13.0 Å². The molecule has 1 aromatic heterocycles. The number of rotatable bonds is 0. The SMILES string of the molecule is CN1CCc2nc3ccc(F)cc3c(C#N)c2C1. The quantitative estimate of drug-likeness (QED) is 0.710. The Morgan fingerprint density at radius 3 is 3.06 bits per heavy atom. The van der Waals surface area contributed by atoms with E-state index in [0.29, 0.717) is 23.0 Å². The summed E-state index contributed by atoms with van der Waals surface area (Å²) in [5.74, 6) is -0.329. The number of hydrogen-bond acceptors (Lipinski definition) is 3. The molecule has 3 rings (SSSR count). The third kappa shape index (κ3) is 1.64. The van der Waals surface area contributed by atoms with Crippen LogP contribution in [-0.4, -0.2) is 23.5 Å². The summed E-state index contributed by atoms with van der Waals surface area (Å²) < 4.78 is 13.3. The fourth-order valence-electron chi connectivity index (χ4n) is 2.48. The molecule has 1 aliphatic rings. The van der Waals surface area contributed by atoms with Gasteiger partial charge in [0.05, 0.1) is 11.1 Å². The van der Waals surface area contributed by atoms with Crippen LogP contribution in [0.15, 0.2) is 18.2 Å². The highest BCUT2D eigenvalue weighted by molar-refractivity contribution is 5.86. The maximum absolute atomic E-state index is 13.3. The fraction of sp³-hybridized carbons (Fsp3) is 0.286. The zero-order chi connectivity index (χ0) is 12.7. The first kappa shape index (κ1) is 11.1. The van der Waals surface area contributed by atoms with Crippen molar-refractivity contribution in [3.63, 3.8) is 0 Å². The third-order valence-electron chi connectivity index (χ3n) is 3.40. The smallest absolute Gasteiger partial charge is 0.124 e. The molecule has 3 nitrogen and oxygen atoms in total. The normalized spacial score (nSPS) is 15.4. The monoisotopic (exact) mass is 241 g/mol. The number of hydrogen-bond donors (Lipinski definition) is 0. The summed E-state index contributed by atoms with van der Waals surface area (Å²) in [7, 11) is 2.01. The van der Waals surface area contributed by atoms with Crippen molar-refractivity contribution >= 4 is 10.9 Å². The summed E-state index contributed by atoms with van der Waals surface area (Å²) in [5, 5.41) is 9.97. The van der Waals surface area contributed by atoms with E-state index in [1.54, 1.807) is 6.07 Å². The van der Waals surface area contributed by atoms with E-state index in [-0.39, 0.29) is 5.82 Å². The van der Waals surface area contributed by atoms with Crippen LogP contribution in [0.1, 0.15) is 16.8 Å². The molecule has 0 radical (unpaired) electrons. The second-order valence-electron chi connectivity index (χ2n) is 4.67. The first-order valence-corrected chi connectivity index (χ1v) is 5.88. The van der Waals surface area contributed by atoms with Gasteiger partial charge < -0.3 is 4.90 Å². The summed E-state index contributed by atoms with van der Waals surface area (Å²) in [6.45, 7) is 1.65. The Bertz CT molecular complexity index is 673. The lowest BCUT2D eigenvalue weighted by Crippen LogP contribution is -2.28. The Labute approximate surface area is 104 Å². The molecule has 2 heterocycles. The van der Waals surface area contributed by atoms with Gasteiger partial charge in [-0.25, -0.2) is 4.39 Å². The number of benzene rings is 1. The van der Waals surface area contributed by atoms with Gasteiger partial charge in [0, 0.05) is 36.2 Å². The van der Waals surface area contributed by atoms with Gasteiger partial charge >= 0.3 is 0 Å². The van der Waals surface area contributed by atoms with E-state index in [1.165, 1.54) is 12.1 Å². The van der Waals surface area contributed by atoms with E-state index < -0.39 is 0 Å². The summed E-state index contributed by atoms with van der Waals surface area (Å²) >= 11 is 0. The molecule has 0 N–H and O–H groups in total. The molecule has 90 valence electrons. The van der Waals surface area contributed by atoms with Gasteiger partial charge in [-0.1, -0.05) is 0 Å². The third-order valence-corrected chi connectivity index (χ3v) is 3.40. The van der Waals surface area contributed by atoms with E-state index in [1.807, 2.05) is 7.05 Å². The van der Waals surface area contributed by atoms with Gasteiger partial charge in [-0.15, -0.1) is 0 Å². The van der Waals surface area contributed by atoms with Crippen molar-refractivity contribution in [1.29, 1.82) is 5.26 Å². The molecule has 0 bridgehead atoms. The van der Waals surface area contributed by atoms with Crippen molar-refractivity contribution < 1.29 is 4.39 Å². The summed E-state index contributed by atoms with van der Waals surface area (Å²) in [6, 6.07) is 6.64. The molecule has 18 heavy (non-hydrogen) atoms. The molecule has 1 aromatic carbocycles. The van der Waals surface area contributed by atoms with E-state index in [0.717, 1.165) is 24.2 Å². The number of aromatic nitrogens is 1. The Morgan fingerprint density at radius 2 is 2.28 bits per heavy atom. The zero-order valence-corrected chi connectivity index (χ0v) is 10.1. The highest BCUT2D eigenvalue weighted by Gasteiger charge is 2.20. The van der Waals surface area contributed by atoms with Gasteiger partial charge in [-0.2, -0.15) is 5.26 Å². The Morgan fingerprint density at radius 1 is 1.44 bits per heavy atom. The largest absolute Gasteiger partial charge is 0.302 e. The van der Waals surface area contributed by atoms with Crippen LogP contribution >= 0.6 is 0 Å². The van der Waals surface area contributed by atoms with Crippen LogP contribution in [0.2, 0.25) is 0 Å². The maximum atomic E-state index is 13.3.